The fraction of sp³-hybridized carbons (Fsp3) is 0.222. The lowest BCUT2D eigenvalue weighted by Crippen LogP contribution is -2.12. The monoisotopic (exact) mass is 312 g/mol. The summed E-state index contributed by atoms with van der Waals surface area (Å²) in [5.74, 6) is -0.455. The Balaban J connectivity index is 1.86. The number of hydrogen-bond donors (Lipinski definition) is 2. The molecule has 0 atom stereocenters. The van der Waals surface area contributed by atoms with E-state index in [0.29, 0.717) is 36.4 Å². The molecule has 0 aromatic heterocycles. The highest BCUT2D eigenvalue weighted by Crippen LogP contribution is 2.13. The number of carbonyl (C=O) groups is 2. The summed E-state index contributed by atoms with van der Waals surface area (Å²) in [5, 5.41) is 2.80. The molecule has 0 spiro atoms. The van der Waals surface area contributed by atoms with Crippen LogP contribution in [0.2, 0.25) is 0 Å². The van der Waals surface area contributed by atoms with Gasteiger partial charge in [-0.25, -0.2) is 4.79 Å². The third-order valence-electron chi connectivity index (χ3n) is 3.27. The maximum Gasteiger partial charge on any atom is 0.338 e. The van der Waals surface area contributed by atoms with Gasteiger partial charge >= 0.3 is 5.97 Å². The van der Waals surface area contributed by atoms with Crippen LogP contribution in [-0.4, -0.2) is 18.5 Å². The van der Waals surface area contributed by atoms with Crippen LogP contribution in [0.25, 0.3) is 0 Å². The number of esters is 1. The molecule has 0 bridgehead atoms. The van der Waals surface area contributed by atoms with Gasteiger partial charge in [-0.15, -0.1) is 0 Å². The van der Waals surface area contributed by atoms with Gasteiger partial charge in [0.1, 0.15) is 0 Å². The summed E-state index contributed by atoms with van der Waals surface area (Å²) in [7, 11) is 0. The highest BCUT2D eigenvalue weighted by Gasteiger charge is 2.07. The van der Waals surface area contributed by atoms with Gasteiger partial charge in [-0.05, 0) is 55.3 Å². The Labute approximate surface area is 135 Å². The van der Waals surface area contributed by atoms with Crippen molar-refractivity contribution in [1.29, 1.82) is 0 Å². The van der Waals surface area contributed by atoms with Crippen molar-refractivity contribution in [2.75, 3.05) is 17.7 Å². The van der Waals surface area contributed by atoms with Gasteiger partial charge in [-0.3, -0.25) is 4.79 Å². The van der Waals surface area contributed by atoms with Crippen LogP contribution < -0.4 is 11.1 Å². The van der Waals surface area contributed by atoms with Gasteiger partial charge in [-0.1, -0.05) is 12.1 Å². The maximum absolute atomic E-state index is 12.0. The molecule has 2 aromatic rings. The van der Waals surface area contributed by atoms with Gasteiger partial charge in [0.25, 0.3) is 0 Å². The highest BCUT2D eigenvalue weighted by molar-refractivity contribution is 5.93. The number of ether oxygens (including phenoxy) is 1. The van der Waals surface area contributed by atoms with Gasteiger partial charge in [0, 0.05) is 17.8 Å². The van der Waals surface area contributed by atoms with Crippen molar-refractivity contribution in [3.05, 3.63) is 59.7 Å². The van der Waals surface area contributed by atoms with Crippen molar-refractivity contribution in [1.82, 2.24) is 0 Å². The maximum atomic E-state index is 12.0. The molecule has 120 valence electrons. The minimum atomic E-state index is -0.368. The number of hydrogen-bond acceptors (Lipinski definition) is 4. The number of amides is 1. The average molecular weight is 312 g/mol. The van der Waals surface area contributed by atoms with Crippen LogP contribution in [0.3, 0.4) is 0 Å². The molecular weight excluding hydrogens is 292 g/mol. The van der Waals surface area contributed by atoms with E-state index in [2.05, 4.69) is 5.32 Å². The normalized spacial score (nSPS) is 10.1. The third-order valence-corrected chi connectivity index (χ3v) is 3.27. The first-order valence-corrected chi connectivity index (χ1v) is 7.50. The minimum absolute atomic E-state index is 0.0868. The van der Waals surface area contributed by atoms with Gasteiger partial charge in [0.2, 0.25) is 5.91 Å². The Bertz CT molecular complexity index is 681. The molecule has 2 aromatic carbocycles. The first-order valence-electron chi connectivity index (χ1n) is 7.50. The lowest BCUT2D eigenvalue weighted by atomic mass is 10.1. The van der Waals surface area contributed by atoms with Crippen LogP contribution in [0.15, 0.2) is 48.5 Å². The van der Waals surface area contributed by atoms with E-state index in [1.165, 1.54) is 0 Å². The van der Waals surface area contributed by atoms with Gasteiger partial charge in [0.15, 0.2) is 0 Å². The number of benzene rings is 2. The van der Waals surface area contributed by atoms with Crippen LogP contribution in [0.4, 0.5) is 11.4 Å². The summed E-state index contributed by atoms with van der Waals surface area (Å²) in [5.41, 5.74) is 8.54. The Morgan fingerprint density at radius 3 is 2.52 bits per heavy atom. The Hall–Kier alpha value is -2.82. The molecule has 5 nitrogen and oxygen atoms in total. The van der Waals surface area contributed by atoms with Gasteiger partial charge in [0.05, 0.1) is 12.2 Å². The third kappa shape index (κ3) is 5.14. The zero-order chi connectivity index (χ0) is 16.7. The molecule has 5 heteroatoms. The number of rotatable bonds is 6. The average Bonchev–Trinajstić information content (AvgIpc) is 2.54. The molecular formula is C18H20N2O3. The zero-order valence-electron chi connectivity index (χ0n) is 13.0. The molecule has 0 fully saturated rings. The highest BCUT2D eigenvalue weighted by atomic mass is 16.5. The first kappa shape index (κ1) is 16.5. The molecule has 0 radical (unpaired) electrons. The van der Waals surface area contributed by atoms with Crippen molar-refractivity contribution >= 4 is 23.3 Å². The smallest absolute Gasteiger partial charge is 0.338 e. The molecule has 0 unspecified atom stereocenters. The van der Waals surface area contributed by atoms with E-state index >= 15 is 0 Å². The first-order chi connectivity index (χ1) is 11.1. The lowest BCUT2D eigenvalue weighted by Gasteiger charge is -2.07. The fourth-order valence-corrected chi connectivity index (χ4v) is 2.13. The summed E-state index contributed by atoms with van der Waals surface area (Å²) >= 11 is 0. The van der Waals surface area contributed by atoms with Crippen LogP contribution in [0.5, 0.6) is 0 Å². The van der Waals surface area contributed by atoms with Crippen LogP contribution in [0.1, 0.15) is 29.3 Å². The quantitative estimate of drug-likeness (QED) is 0.634. The summed E-state index contributed by atoms with van der Waals surface area (Å²) in [6, 6.07) is 14.1. The van der Waals surface area contributed by atoms with E-state index in [-0.39, 0.29) is 11.9 Å². The van der Waals surface area contributed by atoms with Crippen molar-refractivity contribution in [2.24, 2.45) is 0 Å². The summed E-state index contributed by atoms with van der Waals surface area (Å²) in [4.78, 5) is 23.5. The fourth-order valence-electron chi connectivity index (χ4n) is 2.13. The van der Waals surface area contributed by atoms with E-state index in [0.717, 1.165) is 5.56 Å². The second-order valence-corrected chi connectivity index (χ2v) is 5.09. The molecule has 0 heterocycles. The summed E-state index contributed by atoms with van der Waals surface area (Å²) in [6.07, 6.45) is 0.987. The second-order valence-electron chi connectivity index (χ2n) is 5.09. The van der Waals surface area contributed by atoms with Gasteiger partial charge in [-0.2, -0.15) is 0 Å². The molecule has 1 amide bonds. The van der Waals surface area contributed by atoms with Crippen LogP contribution >= 0.6 is 0 Å². The van der Waals surface area contributed by atoms with Gasteiger partial charge < -0.3 is 15.8 Å². The number of carbonyl (C=O) groups excluding carboxylic acids is 2. The number of anilines is 2. The number of nitrogen functional groups attached to an aromatic ring is 1. The lowest BCUT2D eigenvalue weighted by molar-refractivity contribution is -0.116. The predicted octanol–water partition coefficient (Wildman–Crippen LogP) is 3.02. The van der Waals surface area contributed by atoms with Crippen molar-refractivity contribution < 1.29 is 14.3 Å². The topological polar surface area (TPSA) is 81.4 Å². The summed E-state index contributed by atoms with van der Waals surface area (Å²) < 4.78 is 4.91. The molecule has 0 aliphatic carbocycles. The minimum Gasteiger partial charge on any atom is -0.462 e. The van der Waals surface area contributed by atoms with Crippen molar-refractivity contribution in [3.63, 3.8) is 0 Å². The molecule has 0 saturated carbocycles. The van der Waals surface area contributed by atoms with Crippen LogP contribution in [0, 0.1) is 0 Å². The molecule has 0 aliphatic heterocycles. The zero-order valence-corrected chi connectivity index (χ0v) is 13.0. The Morgan fingerprint density at radius 2 is 1.87 bits per heavy atom. The standard InChI is InChI=1S/C18H20N2O3/c1-2-23-18(22)14-7-9-16(10-8-14)20-17(21)11-6-13-4-3-5-15(19)12-13/h3-5,7-10,12H,2,6,11,19H2,1H3,(H,20,21). The van der Waals surface area contributed by atoms with Crippen molar-refractivity contribution in [3.8, 4) is 0 Å². The van der Waals surface area contributed by atoms with E-state index < -0.39 is 0 Å². The van der Waals surface area contributed by atoms with Crippen molar-refractivity contribution in [2.45, 2.75) is 19.8 Å². The van der Waals surface area contributed by atoms with E-state index in [1.807, 2.05) is 24.3 Å². The number of nitrogens with one attached hydrogen (secondary N) is 1. The molecule has 23 heavy (non-hydrogen) atoms. The molecule has 0 aliphatic rings. The molecule has 2 rings (SSSR count). The van der Waals surface area contributed by atoms with E-state index in [4.69, 9.17) is 10.5 Å². The Morgan fingerprint density at radius 1 is 1.13 bits per heavy atom. The largest absolute Gasteiger partial charge is 0.462 e. The second kappa shape index (κ2) is 7.98. The summed E-state index contributed by atoms with van der Waals surface area (Å²) in [6.45, 7) is 2.09. The Kier molecular flexibility index (Phi) is 5.74. The van der Waals surface area contributed by atoms with E-state index in [9.17, 15) is 9.59 Å². The SMILES string of the molecule is CCOC(=O)c1ccc(NC(=O)CCc2cccc(N)c2)cc1. The van der Waals surface area contributed by atoms with Crippen LogP contribution in [-0.2, 0) is 16.0 Å². The molecule has 0 saturated heterocycles. The predicted molar refractivity (Wildman–Crippen MR) is 90.2 cm³/mol. The van der Waals surface area contributed by atoms with E-state index in [1.54, 1.807) is 31.2 Å². The number of aryl methyl sites for hydroxylation is 1. The number of nitrogens with two attached hydrogens (primary N) is 1. The molecule has 3 N–H and O–H groups in total.